The topological polar surface area (TPSA) is 57.6 Å². The number of aliphatic hydroxyl groups is 1. The molecule has 1 aromatic rings. The van der Waals surface area contributed by atoms with Crippen LogP contribution in [0, 0.1) is 12.8 Å². The van der Waals surface area contributed by atoms with Crippen molar-refractivity contribution in [1.82, 2.24) is 4.31 Å². The summed E-state index contributed by atoms with van der Waals surface area (Å²) in [6.45, 7) is 3.12. The van der Waals surface area contributed by atoms with E-state index in [0.29, 0.717) is 19.5 Å². The summed E-state index contributed by atoms with van der Waals surface area (Å²) in [5.74, 6) is 0.205. The third-order valence-corrected chi connectivity index (χ3v) is 5.98. The largest absolute Gasteiger partial charge is 0.388 e. The number of nitrogens with zero attached hydrogens (tertiary/aromatic N) is 1. The van der Waals surface area contributed by atoms with Gasteiger partial charge in [0.25, 0.3) is 0 Å². The molecule has 2 unspecified atom stereocenters. The van der Waals surface area contributed by atoms with Crippen molar-refractivity contribution in [2.45, 2.75) is 32.3 Å². The minimum atomic E-state index is -3.13. The quantitative estimate of drug-likeness (QED) is 0.879. The Bertz CT molecular complexity index is 603. The van der Waals surface area contributed by atoms with Crippen LogP contribution >= 0.6 is 15.9 Å². The molecule has 0 saturated carbocycles. The number of hydrogen-bond donors (Lipinski definition) is 1. The Morgan fingerprint density at radius 3 is 2.81 bits per heavy atom. The lowest BCUT2D eigenvalue weighted by atomic mass is 9.91. The maximum atomic E-state index is 11.6. The minimum absolute atomic E-state index is 0.205. The lowest BCUT2D eigenvalue weighted by Crippen LogP contribution is -2.39. The van der Waals surface area contributed by atoms with Gasteiger partial charge in [0.15, 0.2) is 0 Å². The van der Waals surface area contributed by atoms with Crippen molar-refractivity contribution in [2.24, 2.45) is 5.92 Å². The van der Waals surface area contributed by atoms with Gasteiger partial charge in [-0.3, -0.25) is 0 Å². The summed E-state index contributed by atoms with van der Waals surface area (Å²) in [4.78, 5) is 0. The Kier molecular flexibility index (Phi) is 5.46. The van der Waals surface area contributed by atoms with Gasteiger partial charge in [0.1, 0.15) is 0 Å². The van der Waals surface area contributed by atoms with Gasteiger partial charge >= 0.3 is 0 Å². The van der Waals surface area contributed by atoms with Crippen molar-refractivity contribution in [1.29, 1.82) is 0 Å². The zero-order chi connectivity index (χ0) is 15.6. The molecule has 1 N–H and O–H groups in total. The first-order chi connectivity index (χ1) is 9.77. The number of rotatable bonds is 4. The number of hydrogen-bond acceptors (Lipinski definition) is 3. The highest BCUT2D eigenvalue weighted by Gasteiger charge is 2.28. The average Bonchev–Trinajstić information content (AvgIpc) is 2.37. The third-order valence-electron chi connectivity index (χ3n) is 4.02. The molecular formula is C15H22BrNO3S. The van der Waals surface area contributed by atoms with E-state index in [-0.39, 0.29) is 5.92 Å². The number of aliphatic hydroxyl groups excluding tert-OH is 1. The van der Waals surface area contributed by atoms with E-state index >= 15 is 0 Å². The number of aryl methyl sites for hydroxylation is 1. The van der Waals surface area contributed by atoms with E-state index in [9.17, 15) is 13.5 Å². The SMILES string of the molecule is Cc1ccc(C(O)CC2CCCN(S(C)(=O)=O)C2)c(Br)c1. The Hall–Kier alpha value is -0.430. The normalized spacial score (nSPS) is 22.2. The highest BCUT2D eigenvalue weighted by molar-refractivity contribution is 9.10. The molecule has 1 fully saturated rings. The Morgan fingerprint density at radius 2 is 2.19 bits per heavy atom. The monoisotopic (exact) mass is 375 g/mol. The Labute approximate surface area is 135 Å². The van der Waals surface area contributed by atoms with Crippen LogP contribution < -0.4 is 0 Å². The molecule has 0 spiro atoms. The van der Waals surface area contributed by atoms with Crippen LogP contribution in [0.4, 0.5) is 0 Å². The van der Waals surface area contributed by atoms with Crippen molar-refractivity contribution in [3.05, 3.63) is 33.8 Å². The van der Waals surface area contributed by atoms with Crippen molar-refractivity contribution in [3.8, 4) is 0 Å². The van der Waals surface area contributed by atoms with E-state index < -0.39 is 16.1 Å². The highest BCUT2D eigenvalue weighted by atomic mass is 79.9. The van der Waals surface area contributed by atoms with E-state index in [1.54, 1.807) is 0 Å². The molecule has 0 radical (unpaired) electrons. The van der Waals surface area contributed by atoms with E-state index in [1.807, 2.05) is 25.1 Å². The molecule has 2 atom stereocenters. The maximum Gasteiger partial charge on any atom is 0.211 e. The number of benzene rings is 1. The molecule has 4 nitrogen and oxygen atoms in total. The highest BCUT2D eigenvalue weighted by Crippen LogP contribution is 2.32. The van der Waals surface area contributed by atoms with Crippen LogP contribution in [-0.2, 0) is 10.0 Å². The van der Waals surface area contributed by atoms with Crippen LogP contribution in [-0.4, -0.2) is 37.2 Å². The predicted molar refractivity (Wildman–Crippen MR) is 87.6 cm³/mol. The average molecular weight is 376 g/mol. The summed E-state index contributed by atoms with van der Waals surface area (Å²) in [6, 6.07) is 5.90. The third kappa shape index (κ3) is 4.52. The van der Waals surface area contributed by atoms with Gasteiger partial charge in [-0.25, -0.2) is 12.7 Å². The summed E-state index contributed by atoms with van der Waals surface area (Å²) in [6.07, 6.45) is 3.10. The molecule has 21 heavy (non-hydrogen) atoms. The number of piperidine rings is 1. The summed E-state index contributed by atoms with van der Waals surface area (Å²) in [7, 11) is -3.13. The molecule has 1 saturated heterocycles. The standard InChI is InChI=1S/C15H22BrNO3S/c1-11-5-6-13(14(16)8-11)15(18)9-12-4-3-7-17(10-12)21(2,19)20/h5-6,8,12,15,18H,3-4,7,9-10H2,1-2H3. The van der Waals surface area contributed by atoms with Gasteiger partial charge in [-0.2, -0.15) is 0 Å². The fourth-order valence-electron chi connectivity index (χ4n) is 2.87. The van der Waals surface area contributed by atoms with Crippen LogP contribution in [0.15, 0.2) is 22.7 Å². The molecule has 0 aliphatic carbocycles. The lowest BCUT2D eigenvalue weighted by Gasteiger charge is -2.32. The Morgan fingerprint density at radius 1 is 1.48 bits per heavy atom. The van der Waals surface area contributed by atoms with Crippen molar-refractivity contribution in [3.63, 3.8) is 0 Å². The zero-order valence-electron chi connectivity index (χ0n) is 12.4. The zero-order valence-corrected chi connectivity index (χ0v) is 14.8. The summed E-state index contributed by atoms with van der Waals surface area (Å²) in [5.41, 5.74) is 2.01. The maximum absolute atomic E-state index is 11.6. The second-order valence-corrected chi connectivity index (χ2v) is 8.74. The number of halogens is 1. The van der Waals surface area contributed by atoms with Crippen LogP contribution in [0.25, 0.3) is 0 Å². The molecule has 0 amide bonds. The van der Waals surface area contributed by atoms with E-state index in [1.165, 1.54) is 10.6 Å². The Balaban J connectivity index is 2.03. The van der Waals surface area contributed by atoms with Crippen LogP contribution in [0.3, 0.4) is 0 Å². The van der Waals surface area contributed by atoms with Gasteiger partial charge in [-0.1, -0.05) is 28.1 Å². The van der Waals surface area contributed by atoms with Crippen LogP contribution in [0.5, 0.6) is 0 Å². The molecule has 2 rings (SSSR count). The minimum Gasteiger partial charge on any atom is -0.388 e. The van der Waals surface area contributed by atoms with E-state index in [0.717, 1.165) is 28.4 Å². The van der Waals surface area contributed by atoms with Gasteiger partial charge in [-0.05, 0) is 49.3 Å². The molecule has 1 aromatic carbocycles. The van der Waals surface area contributed by atoms with E-state index in [4.69, 9.17) is 0 Å². The van der Waals surface area contributed by atoms with Gasteiger partial charge in [-0.15, -0.1) is 0 Å². The smallest absolute Gasteiger partial charge is 0.211 e. The van der Waals surface area contributed by atoms with Crippen molar-refractivity contribution in [2.75, 3.05) is 19.3 Å². The van der Waals surface area contributed by atoms with Gasteiger partial charge in [0.05, 0.1) is 12.4 Å². The van der Waals surface area contributed by atoms with Crippen LogP contribution in [0.2, 0.25) is 0 Å². The molecule has 0 bridgehead atoms. The van der Waals surface area contributed by atoms with Gasteiger partial charge in [0, 0.05) is 17.6 Å². The van der Waals surface area contributed by atoms with Crippen molar-refractivity contribution >= 4 is 26.0 Å². The fourth-order valence-corrected chi connectivity index (χ4v) is 4.57. The predicted octanol–water partition coefficient (Wildman–Crippen LogP) is 2.85. The molecule has 1 aliphatic rings. The molecule has 1 heterocycles. The summed E-state index contributed by atoms with van der Waals surface area (Å²) >= 11 is 3.49. The second kappa shape index (κ2) is 6.77. The molecule has 1 aliphatic heterocycles. The van der Waals surface area contributed by atoms with Crippen molar-refractivity contribution < 1.29 is 13.5 Å². The fraction of sp³-hybridized carbons (Fsp3) is 0.600. The van der Waals surface area contributed by atoms with Crippen LogP contribution in [0.1, 0.15) is 36.5 Å². The second-order valence-electron chi connectivity index (χ2n) is 5.91. The molecule has 118 valence electrons. The van der Waals surface area contributed by atoms with Gasteiger partial charge < -0.3 is 5.11 Å². The molecule has 0 aromatic heterocycles. The first-order valence-electron chi connectivity index (χ1n) is 7.16. The molecular weight excluding hydrogens is 354 g/mol. The summed E-state index contributed by atoms with van der Waals surface area (Å²) < 4.78 is 25.7. The first-order valence-corrected chi connectivity index (χ1v) is 9.80. The van der Waals surface area contributed by atoms with E-state index in [2.05, 4.69) is 15.9 Å². The number of sulfonamides is 1. The summed E-state index contributed by atoms with van der Waals surface area (Å²) in [5, 5.41) is 10.4. The lowest BCUT2D eigenvalue weighted by molar-refractivity contribution is 0.122. The molecule has 6 heteroatoms. The first kappa shape index (κ1) is 16.9. The van der Waals surface area contributed by atoms with Gasteiger partial charge in [0.2, 0.25) is 10.0 Å².